The van der Waals surface area contributed by atoms with Crippen LogP contribution in [0.15, 0.2) is 0 Å². The maximum absolute atomic E-state index is 10.8. The molecule has 0 saturated heterocycles. The summed E-state index contributed by atoms with van der Waals surface area (Å²) in [6.07, 6.45) is 2.09. The number of hydrogen-bond acceptors (Lipinski definition) is 2. The van der Waals surface area contributed by atoms with E-state index in [-0.39, 0.29) is 5.97 Å². The summed E-state index contributed by atoms with van der Waals surface area (Å²) < 4.78 is 5.62. The first-order chi connectivity index (χ1) is 5.81. The Morgan fingerprint density at radius 1 is 1.50 bits per heavy atom. The zero-order valence-electron chi connectivity index (χ0n) is 7.23. The Bertz CT molecular complexity index is 179. The molecule has 68 valence electrons. The van der Waals surface area contributed by atoms with Crippen molar-refractivity contribution in [2.24, 2.45) is 0 Å². The fourth-order valence-corrected chi connectivity index (χ4v) is 0.960. The average molecular weight is 280 g/mol. The Hall–Kier alpha value is -0.240. The van der Waals surface area contributed by atoms with Gasteiger partial charge in [0.25, 0.3) is 0 Å². The smallest absolute Gasteiger partial charge is 0.305 e. The average Bonchev–Trinajstić information content (AvgIpc) is 2.05. The Balaban J connectivity index is 3.25. The van der Waals surface area contributed by atoms with Crippen LogP contribution in [0.3, 0.4) is 0 Å². The standard InChI is InChI=1S/C9H13IO2/c1-2-12-9(11)7-5-3-4-6-8-10/h2-3,5,7-8H2,1H3. The molecule has 0 radical (unpaired) electrons. The number of hydrogen-bond donors (Lipinski definition) is 0. The van der Waals surface area contributed by atoms with E-state index in [1.165, 1.54) is 0 Å². The number of unbranched alkanes of at least 4 members (excludes halogenated alkanes) is 1. The second kappa shape index (κ2) is 8.85. The monoisotopic (exact) mass is 280 g/mol. The minimum atomic E-state index is -0.117. The van der Waals surface area contributed by atoms with Crippen LogP contribution in [0.5, 0.6) is 0 Å². The molecule has 0 aliphatic rings. The lowest BCUT2D eigenvalue weighted by Gasteiger charge is -1.98. The quantitative estimate of drug-likeness (QED) is 0.259. The molecule has 0 bridgehead atoms. The Kier molecular flexibility index (Phi) is 8.68. The third-order valence-electron chi connectivity index (χ3n) is 1.18. The van der Waals surface area contributed by atoms with Crippen LogP contribution >= 0.6 is 22.6 Å². The number of rotatable bonds is 4. The van der Waals surface area contributed by atoms with E-state index >= 15 is 0 Å². The lowest BCUT2D eigenvalue weighted by atomic mass is 10.2. The number of alkyl halides is 1. The van der Waals surface area contributed by atoms with Crippen LogP contribution < -0.4 is 0 Å². The van der Waals surface area contributed by atoms with Crippen LogP contribution in [-0.4, -0.2) is 17.0 Å². The zero-order chi connectivity index (χ0) is 9.23. The van der Waals surface area contributed by atoms with Gasteiger partial charge >= 0.3 is 5.97 Å². The molecule has 2 nitrogen and oxygen atoms in total. The van der Waals surface area contributed by atoms with Gasteiger partial charge in [-0.05, 0) is 13.3 Å². The first kappa shape index (κ1) is 11.8. The molecule has 0 rings (SSSR count). The highest BCUT2D eigenvalue weighted by atomic mass is 127. The largest absolute Gasteiger partial charge is 0.466 e. The molecule has 0 atom stereocenters. The molecule has 0 spiro atoms. The Morgan fingerprint density at radius 2 is 2.25 bits per heavy atom. The zero-order valence-corrected chi connectivity index (χ0v) is 9.39. The van der Waals surface area contributed by atoms with Crippen LogP contribution in [0.2, 0.25) is 0 Å². The maximum atomic E-state index is 10.8. The minimum Gasteiger partial charge on any atom is -0.466 e. The van der Waals surface area contributed by atoms with Gasteiger partial charge in [0.15, 0.2) is 0 Å². The topological polar surface area (TPSA) is 26.3 Å². The summed E-state index contributed by atoms with van der Waals surface area (Å²) in [6.45, 7) is 2.28. The van der Waals surface area contributed by atoms with E-state index in [0.717, 1.165) is 17.3 Å². The molecular formula is C9H13IO2. The molecule has 0 unspecified atom stereocenters. The number of ether oxygens (including phenoxy) is 1. The van der Waals surface area contributed by atoms with Gasteiger partial charge in [0, 0.05) is 12.8 Å². The normalized spacial score (nSPS) is 8.50. The molecule has 0 amide bonds. The van der Waals surface area contributed by atoms with Crippen molar-refractivity contribution < 1.29 is 9.53 Å². The van der Waals surface area contributed by atoms with Gasteiger partial charge in [0.2, 0.25) is 0 Å². The van der Waals surface area contributed by atoms with Gasteiger partial charge in [0.05, 0.1) is 11.0 Å². The van der Waals surface area contributed by atoms with Gasteiger partial charge in [-0.25, -0.2) is 0 Å². The van der Waals surface area contributed by atoms with Crippen molar-refractivity contribution in [2.75, 3.05) is 11.0 Å². The SMILES string of the molecule is CCOC(=O)CCCC#CCI. The van der Waals surface area contributed by atoms with Crippen molar-refractivity contribution in [1.82, 2.24) is 0 Å². The third-order valence-corrected chi connectivity index (χ3v) is 1.56. The molecule has 12 heavy (non-hydrogen) atoms. The first-order valence-electron chi connectivity index (χ1n) is 3.98. The van der Waals surface area contributed by atoms with E-state index in [9.17, 15) is 4.79 Å². The molecule has 0 aliphatic heterocycles. The van der Waals surface area contributed by atoms with E-state index in [4.69, 9.17) is 4.74 Å². The van der Waals surface area contributed by atoms with Gasteiger partial charge in [0.1, 0.15) is 0 Å². The summed E-state index contributed by atoms with van der Waals surface area (Å²) >= 11 is 2.20. The highest BCUT2D eigenvalue weighted by molar-refractivity contribution is 14.1. The first-order valence-corrected chi connectivity index (χ1v) is 5.51. The number of esters is 1. The van der Waals surface area contributed by atoms with Crippen molar-refractivity contribution in [2.45, 2.75) is 26.2 Å². The van der Waals surface area contributed by atoms with Crippen LogP contribution in [0.4, 0.5) is 0 Å². The van der Waals surface area contributed by atoms with E-state index in [0.29, 0.717) is 13.0 Å². The second-order valence-corrected chi connectivity index (χ2v) is 2.91. The molecule has 0 aliphatic carbocycles. The van der Waals surface area contributed by atoms with Crippen molar-refractivity contribution in [3.8, 4) is 11.8 Å². The van der Waals surface area contributed by atoms with Crippen molar-refractivity contribution in [1.29, 1.82) is 0 Å². The molecule has 3 heteroatoms. The number of carbonyl (C=O) groups is 1. The highest BCUT2D eigenvalue weighted by Gasteiger charge is 1.98. The van der Waals surface area contributed by atoms with Crippen molar-refractivity contribution in [3.05, 3.63) is 0 Å². The number of halogens is 1. The summed E-state index contributed by atoms with van der Waals surface area (Å²) in [7, 11) is 0. The van der Waals surface area contributed by atoms with Gasteiger partial charge in [-0.15, -0.1) is 5.92 Å². The summed E-state index contributed by atoms with van der Waals surface area (Å²) in [6, 6.07) is 0. The predicted molar refractivity (Wildman–Crippen MR) is 57.1 cm³/mol. The third kappa shape index (κ3) is 7.86. The van der Waals surface area contributed by atoms with E-state index in [1.807, 2.05) is 6.92 Å². The molecular weight excluding hydrogens is 267 g/mol. The summed E-state index contributed by atoms with van der Waals surface area (Å²) in [5.41, 5.74) is 0. The molecule has 0 aromatic carbocycles. The summed E-state index contributed by atoms with van der Waals surface area (Å²) in [5.74, 6) is 5.79. The second-order valence-electron chi connectivity index (χ2n) is 2.15. The fraction of sp³-hybridized carbons (Fsp3) is 0.667. The van der Waals surface area contributed by atoms with E-state index in [2.05, 4.69) is 34.4 Å². The highest BCUT2D eigenvalue weighted by Crippen LogP contribution is 1.96. The van der Waals surface area contributed by atoms with Crippen LogP contribution in [0.25, 0.3) is 0 Å². The van der Waals surface area contributed by atoms with Crippen LogP contribution in [0, 0.1) is 11.8 Å². The van der Waals surface area contributed by atoms with Crippen molar-refractivity contribution in [3.63, 3.8) is 0 Å². The molecule has 0 N–H and O–H groups in total. The molecule has 0 heterocycles. The van der Waals surface area contributed by atoms with E-state index in [1.54, 1.807) is 0 Å². The maximum Gasteiger partial charge on any atom is 0.305 e. The fourth-order valence-electron chi connectivity index (χ4n) is 0.690. The molecule has 0 aromatic rings. The van der Waals surface area contributed by atoms with E-state index < -0.39 is 0 Å². The lowest BCUT2D eigenvalue weighted by molar-refractivity contribution is -0.143. The predicted octanol–water partition coefficient (Wildman–Crippen LogP) is 2.16. The minimum absolute atomic E-state index is 0.117. The summed E-state index contributed by atoms with van der Waals surface area (Å²) in [5, 5.41) is 0. The Labute approximate surface area is 87.2 Å². The van der Waals surface area contributed by atoms with Crippen LogP contribution in [0.1, 0.15) is 26.2 Å². The van der Waals surface area contributed by atoms with Gasteiger partial charge in [-0.3, -0.25) is 4.79 Å². The van der Waals surface area contributed by atoms with Crippen molar-refractivity contribution >= 4 is 28.6 Å². The van der Waals surface area contributed by atoms with Gasteiger partial charge in [-0.1, -0.05) is 28.5 Å². The number of carbonyl (C=O) groups excluding carboxylic acids is 1. The van der Waals surface area contributed by atoms with Gasteiger partial charge in [-0.2, -0.15) is 0 Å². The Morgan fingerprint density at radius 3 is 2.83 bits per heavy atom. The van der Waals surface area contributed by atoms with Crippen LogP contribution in [-0.2, 0) is 9.53 Å². The lowest BCUT2D eigenvalue weighted by Crippen LogP contribution is -2.02. The molecule has 0 aromatic heterocycles. The molecule has 0 saturated carbocycles. The molecule has 0 fully saturated rings. The van der Waals surface area contributed by atoms with Gasteiger partial charge < -0.3 is 4.74 Å². The summed E-state index contributed by atoms with van der Waals surface area (Å²) in [4.78, 5) is 10.8.